The molecule has 1 atom stereocenters. The monoisotopic (exact) mass is 482 g/mol. The van der Waals surface area contributed by atoms with Gasteiger partial charge in [-0.2, -0.15) is 0 Å². The zero-order valence-corrected chi connectivity index (χ0v) is 19.9. The molecule has 1 amide bonds. The highest BCUT2D eigenvalue weighted by Crippen LogP contribution is 2.33. The van der Waals surface area contributed by atoms with Gasteiger partial charge in [0.2, 0.25) is 0 Å². The molecule has 0 spiro atoms. The summed E-state index contributed by atoms with van der Waals surface area (Å²) < 4.78 is 5.19. The number of hydrogen-bond acceptors (Lipinski definition) is 6. The van der Waals surface area contributed by atoms with E-state index in [-0.39, 0.29) is 39.8 Å². The van der Waals surface area contributed by atoms with E-state index in [2.05, 4.69) is 17.4 Å². The van der Waals surface area contributed by atoms with E-state index in [0.717, 1.165) is 18.4 Å². The quantitative estimate of drug-likeness (QED) is 0.329. The van der Waals surface area contributed by atoms with Crippen molar-refractivity contribution in [1.29, 1.82) is 0 Å². The second-order valence-electron chi connectivity index (χ2n) is 9.25. The Morgan fingerprint density at radius 1 is 0.917 bits per heavy atom. The maximum Gasteiger partial charge on any atom is 0.340 e. The Hall–Kier alpha value is -4.26. The Balaban J connectivity index is 1.26. The lowest BCUT2D eigenvalue weighted by atomic mass is 9.82. The van der Waals surface area contributed by atoms with Crippen molar-refractivity contribution in [2.24, 2.45) is 0 Å². The van der Waals surface area contributed by atoms with Gasteiger partial charge in [-0.15, -0.1) is 0 Å². The van der Waals surface area contributed by atoms with Crippen molar-refractivity contribution in [1.82, 2.24) is 5.32 Å². The Morgan fingerprint density at radius 3 is 2.36 bits per heavy atom. The first-order chi connectivity index (χ1) is 17.3. The van der Waals surface area contributed by atoms with Crippen LogP contribution in [0.15, 0.2) is 54.6 Å². The molecule has 0 aromatic heterocycles. The van der Waals surface area contributed by atoms with Crippen LogP contribution in [0, 0.1) is 0 Å². The zero-order chi connectivity index (χ0) is 25.4. The summed E-state index contributed by atoms with van der Waals surface area (Å²) in [6.07, 6.45) is 4.51. The number of anilines is 1. The van der Waals surface area contributed by atoms with E-state index in [1.807, 2.05) is 13.0 Å². The number of hydrogen-bond donors (Lipinski definition) is 2. The summed E-state index contributed by atoms with van der Waals surface area (Å²) in [6.45, 7) is 1.38. The smallest absolute Gasteiger partial charge is 0.340 e. The Morgan fingerprint density at radius 2 is 1.61 bits per heavy atom. The maximum atomic E-state index is 13.0. The lowest BCUT2D eigenvalue weighted by Crippen LogP contribution is -2.31. The fraction of sp³-hybridized carbons (Fsp3) is 0.241. The van der Waals surface area contributed by atoms with Crippen LogP contribution in [0.25, 0.3) is 0 Å². The molecule has 5 rings (SSSR count). The van der Waals surface area contributed by atoms with Gasteiger partial charge >= 0.3 is 5.97 Å². The number of carbonyl (C=O) groups is 4. The third kappa shape index (κ3) is 4.17. The van der Waals surface area contributed by atoms with Gasteiger partial charge in [0.05, 0.1) is 22.9 Å². The fourth-order valence-corrected chi connectivity index (χ4v) is 4.99. The molecule has 0 bridgehead atoms. The fourth-order valence-electron chi connectivity index (χ4n) is 4.99. The molecule has 0 fully saturated rings. The molecule has 0 heterocycles. The summed E-state index contributed by atoms with van der Waals surface area (Å²) in [6, 6.07) is 15.3. The zero-order valence-electron chi connectivity index (χ0n) is 19.9. The molecular weight excluding hydrogens is 456 g/mol. The van der Waals surface area contributed by atoms with Gasteiger partial charge < -0.3 is 15.8 Å². The molecule has 2 aliphatic carbocycles. The normalized spacial score (nSPS) is 14.8. The first-order valence-electron chi connectivity index (χ1n) is 12.0. The number of esters is 1. The van der Waals surface area contributed by atoms with Gasteiger partial charge in [-0.1, -0.05) is 42.5 Å². The number of ketones is 2. The van der Waals surface area contributed by atoms with E-state index in [4.69, 9.17) is 10.5 Å². The Kier molecular flexibility index (Phi) is 6.14. The van der Waals surface area contributed by atoms with Crippen molar-refractivity contribution in [2.75, 3.05) is 12.3 Å². The third-order valence-electron chi connectivity index (χ3n) is 6.94. The summed E-state index contributed by atoms with van der Waals surface area (Å²) in [7, 11) is 0. The van der Waals surface area contributed by atoms with Crippen LogP contribution in [0.5, 0.6) is 0 Å². The van der Waals surface area contributed by atoms with Gasteiger partial charge in [-0.3, -0.25) is 14.4 Å². The van der Waals surface area contributed by atoms with Crippen molar-refractivity contribution < 1.29 is 23.9 Å². The summed E-state index contributed by atoms with van der Waals surface area (Å²) in [5, 5.41) is 2.85. The lowest BCUT2D eigenvalue weighted by molar-refractivity contribution is -0.124. The molecule has 3 aromatic rings. The number of nitrogens with one attached hydrogen (secondary N) is 1. The van der Waals surface area contributed by atoms with Crippen molar-refractivity contribution in [3.63, 3.8) is 0 Å². The van der Waals surface area contributed by atoms with Gasteiger partial charge in [0, 0.05) is 16.7 Å². The van der Waals surface area contributed by atoms with Crippen LogP contribution in [0.3, 0.4) is 0 Å². The van der Waals surface area contributed by atoms with E-state index in [9.17, 15) is 19.2 Å². The molecule has 3 aromatic carbocycles. The molecule has 0 saturated carbocycles. The number of amides is 1. The number of nitrogens with two attached hydrogens (primary N) is 1. The van der Waals surface area contributed by atoms with Gasteiger partial charge in [0.15, 0.2) is 18.2 Å². The van der Waals surface area contributed by atoms with E-state index in [1.165, 1.54) is 36.1 Å². The molecule has 182 valence electrons. The van der Waals surface area contributed by atoms with Crippen LogP contribution in [-0.2, 0) is 22.4 Å². The summed E-state index contributed by atoms with van der Waals surface area (Å²) in [5.74, 6) is -2.05. The van der Waals surface area contributed by atoms with E-state index in [1.54, 1.807) is 24.3 Å². The molecule has 1 unspecified atom stereocenters. The molecule has 7 nitrogen and oxygen atoms in total. The second kappa shape index (κ2) is 9.41. The maximum absolute atomic E-state index is 13.0. The number of nitrogen functional groups attached to an aromatic ring is 1. The van der Waals surface area contributed by atoms with Crippen LogP contribution >= 0.6 is 0 Å². The van der Waals surface area contributed by atoms with Crippen molar-refractivity contribution >= 4 is 29.1 Å². The topological polar surface area (TPSA) is 116 Å². The van der Waals surface area contributed by atoms with Gasteiger partial charge in [0.25, 0.3) is 5.91 Å². The summed E-state index contributed by atoms with van der Waals surface area (Å²) >= 11 is 0. The predicted octanol–water partition coefficient (Wildman–Crippen LogP) is 3.96. The first-order valence-corrected chi connectivity index (χ1v) is 12.0. The summed E-state index contributed by atoms with van der Waals surface area (Å²) in [5.41, 5.74) is 10.3. The minimum atomic E-state index is -0.842. The molecule has 0 radical (unpaired) electrons. The minimum Gasteiger partial charge on any atom is -0.452 e. The van der Waals surface area contributed by atoms with Crippen LogP contribution in [-0.4, -0.2) is 30.0 Å². The van der Waals surface area contributed by atoms with E-state index < -0.39 is 24.3 Å². The standard InChI is InChI=1S/C29H26N2O5/c1-16(18-11-10-17-6-2-3-7-19(17)14-18)31-24(32)15-36-29(35)23-13-12-22-25(26(23)30)28(34)21-9-5-4-8-20(21)27(22)33/h4-5,8-14,16H,2-3,6-7,15,30H2,1H3,(H,31,32). The highest BCUT2D eigenvalue weighted by atomic mass is 16.5. The SMILES string of the molecule is CC(NC(=O)COC(=O)c1ccc2c(c1N)C(=O)c1ccccc1C2=O)c1ccc2c(c1)CCCC2. The largest absolute Gasteiger partial charge is 0.452 e. The third-order valence-corrected chi connectivity index (χ3v) is 6.94. The van der Waals surface area contributed by atoms with Crippen molar-refractivity contribution in [3.05, 3.63) is 99.1 Å². The molecular formula is C29H26N2O5. The lowest BCUT2D eigenvalue weighted by Gasteiger charge is -2.20. The van der Waals surface area contributed by atoms with Gasteiger partial charge in [-0.05, 0) is 61.4 Å². The predicted molar refractivity (Wildman–Crippen MR) is 134 cm³/mol. The van der Waals surface area contributed by atoms with Crippen LogP contribution < -0.4 is 11.1 Å². The highest BCUT2D eigenvalue weighted by molar-refractivity contribution is 6.30. The molecule has 2 aliphatic rings. The number of rotatable bonds is 5. The van der Waals surface area contributed by atoms with Gasteiger partial charge in [-0.25, -0.2) is 4.79 Å². The molecule has 0 saturated heterocycles. The van der Waals surface area contributed by atoms with Crippen molar-refractivity contribution in [2.45, 2.75) is 38.6 Å². The van der Waals surface area contributed by atoms with Crippen molar-refractivity contribution in [3.8, 4) is 0 Å². The van der Waals surface area contributed by atoms with Crippen LogP contribution in [0.1, 0.15) is 84.7 Å². The van der Waals surface area contributed by atoms with Crippen LogP contribution in [0.4, 0.5) is 5.69 Å². The molecule has 36 heavy (non-hydrogen) atoms. The average Bonchev–Trinajstić information content (AvgIpc) is 2.90. The number of carbonyl (C=O) groups excluding carboxylic acids is 4. The van der Waals surface area contributed by atoms with Gasteiger partial charge in [0.1, 0.15) is 0 Å². The van der Waals surface area contributed by atoms with Crippen LogP contribution in [0.2, 0.25) is 0 Å². The first kappa shape index (κ1) is 23.5. The second-order valence-corrected chi connectivity index (χ2v) is 9.25. The Labute approximate surface area is 208 Å². The highest BCUT2D eigenvalue weighted by Gasteiger charge is 2.33. The average molecular weight is 483 g/mol. The molecule has 0 aliphatic heterocycles. The van der Waals surface area contributed by atoms with E-state index in [0.29, 0.717) is 5.56 Å². The number of fused-ring (bicyclic) bond motifs is 3. The number of aryl methyl sites for hydroxylation is 2. The number of benzene rings is 3. The summed E-state index contributed by atoms with van der Waals surface area (Å²) in [4.78, 5) is 51.0. The minimum absolute atomic E-state index is 0.0152. The Bertz CT molecular complexity index is 1430. The number of ether oxygens (including phenoxy) is 1. The molecule has 7 heteroatoms. The van der Waals surface area contributed by atoms with E-state index >= 15 is 0 Å². The molecule has 3 N–H and O–H groups in total.